The molecule has 0 radical (unpaired) electrons. The topological polar surface area (TPSA) is 23.8 Å². The first-order valence-corrected chi connectivity index (χ1v) is 2.98. The Bertz CT molecular complexity index is 130. The fourth-order valence-corrected chi connectivity index (χ4v) is 0.911. The Kier molecular flexibility index (Phi) is 1.69. The van der Waals surface area contributed by atoms with E-state index in [1.807, 2.05) is 0 Å². The molecule has 0 spiro atoms. The lowest BCUT2D eigenvalue weighted by atomic mass is 9.96. The van der Waals surface area contributed by atoms with Crippen molar-refractivity contribution >= 4 is 0 Å². The summed E-state index contributed by atoms with van der Waals surface area (Å²) in [5.74, 6) is 0.306. The molecule has 0 amide bonds. The van der Waals surface area contributed by atoms with E-state index in [2.05, 4.69) is 18.2 Å². The van der Waals surface area contributed by atoms with E-state index < -0.39 is 0 Å². The zero-order valence-corrected chi connectivity index (χ0v) is 4.80. The molecule has 0 fully saturated rings. The lowest BCUT2D eigenvalue weighted by Gasteiger charge is -2.06. The number of allylic oxidation sites excluding steroid dienone is 2. The Labute approximate surface area is 49.6 Å². The van der Waals surface area contributed by atoms with E-state index in [0.29, 0.717) is 5.92 Å². The molecule has 0 saturated carbocycles. The maximum absolute atomic E-state index is 8.41. The van der Waals surface area contributed by atoms with Crippen molar-refractivity contribution in [1.82, 2.24) is 0 Å². The van der Waals surface area contributed by atoms with Crippen LogP contribution < -0.4 is 0 Å². The van der Waals surface area contributed by atoms with Gasteiger partial charge in [0.05, 0.1) is 12.0 Å². The molecule has 0 aromatic carbocycles. The molecule has 42 valence electrons. The van der Waals surface area contributed by atoms with E-state index in [0.717, 1.165) is 19.3 Å². The van der Waals surface area contributed by atoms with Crippen LogP contribution in [0.4, 0.5) is 0 Å². The quantitative estimate of drug-likeness (QED) is 0.433. The molecule has 0 saturated heterocycles. The molecule has 0 unspecified atom stereocenters. The van der Waals surface area contributed by atoms with Gasteiger partial charge in [-0.15, -0.1) is 0 Å². The maximum Gasteiger partial charge on any atom is 0.0659 e. The monoisotopic (exact) mass is 107 g/mol. The molecule has 1 atom stereocenters. The van der Waals surface area contributed by atoms with Crippen LogP contribution in [0.3, 0.4) is 0 Å². The van der Waals surface area contributed by atoms with Gasteiger partial charge in [0.25, 0.3) is 0 Å². The predicted octanol–water partition coefficient (Wildman–Crippen LogP) is 1.87. The van der Waals surface area contributed by atoms with Crippen molar-refractivity contribution < 1.29 is 0 Å². The first-order valence-electron chi connectivity index (χ1n) is 2.98. The smallest absolute Gasteiger partial charge is 0.0659 e. The molecule has 8 heavy (non-hydrogen) atoms. The van der Waals surface area contributed by atoms with Crippen molar-refractivity contribution in [2.24, 2.45) is 5.92 Å². The summed E-state index contributed by atoms with van der Waals surface area (Å²) in [6, 6.07) is 2.25. The van der Waals surface area contributed by atoms with Crippen LogP contribution in [-0.4, -0.2) is 0 Å². The molecule has 0 aromatic rings. The molecule has 1 aliphatic rings. The lowest BCUT2D eigenvalue weighted by molar-refractivity contribution is 0.596. The Morgan fingerprint density at radius 3 is 2.75 bits per heavy atom. The summed E-state index contributed by atoms with van der Waals surface area (Å²) in [6.45, 7) is 0. The molecule has 0 aromatic heterocycles. The van der Waals surface area contributed by atoms with Gasteiger partial charge in [0.2, 0.25) is 0 Å². The van der Waals surface area contributed by atoms with E-state index in [-0.39, 0.29) is 0 Å². The Morgan fingerprint density at radius 2 is 2.38 bits per heavy atom. The van der Waals surface area contributed by atoms with Gasteiger partial charge in [-0.3, -0.25) is 0 Å². The number of hydrogen-bond donors (Lipinski definition) is 0. The van der Waals surface area contributed by atoms with Crippen molar-refractivity contribution in [3.8, 4) is 6.07 Å². The van der Waals surface area contributed by atoms with Crippen molar-refractivity contribution in [1.29, 1.82) is 5.26 Å². The van der Waals surface area contributed by atoms with E-state index in [1.54, 1.807) is 0 Å². The summed E-state index contributed by atoms with van der Waals surface area (Å²) in [5, 5.41) is 8.41. The third kappa shape index (κ3) is 1.10. The highest BCUT2D eigenvalue weighted by Crippen LogP contribution is 2.15. The largest absolute Gasteiger partial charge is 0.198 e. The van der Waals surface area contributed by atoms with Crippen molar-refractivity contribution in [3.05, 3.63) is 12.2 Å². The van der Waals surface area contributed by atoms with Crippen LogP contribution >= 0.6 is 0 Å². The average Bonchev–Trinajstić information content (AvgIpc) is 1.90. The molecular formula is C7H9N. The van der Waals surface area contributed by atoms with Crippen molar-refractivity contribution in [3.63, 3.8) is 0 Å². The van der Waals surface area contributed by atoms with Crippen LogP contribution in [0.2, 0.25) is 0 Å². The summed E-state index contributed by atoms with van der Waals surface area (Å²) >= 11 is 0. The Morgan fingerprint density at radius 1 is 1.50 bits per heavy atom. The maximum atomic E-state index is 8.41. The fraction of sp³-hybridized carbons (Fsp3) is 0.571. The minimum absolute atomic E-state index is 0.306. The number of nitrogens with zero attached hydrogens (tertiary/aromatic N) is 1. The fourth-order valence-electron chi connectivity index (χ4n) is 0.911. The predicted molar refractivity (Wildman–Crippen MR) is 32.1 cm³/mol. The highest BCUT2D eigenvalue weighted by atomic mass is 14.3. The second kappa shape index (κ2) is 2.52. The zero-order chi connectivity index (χ0) is 5.82. The second-order valence-corrected chi connectivity index (χ2v) is 2.11. The van der Waals surface area contributed by atoms with Gasteiger partial charge in [-0.2, -0.15) is 5.26 Å². The third-order valence-corrected chi connectivity index (χ3v) is 1.45. The van der Waals surface area contributed by atoms with Crippen LogP contribution in [0.1, 0.15) is 19.3 Å². The van der Waals surface area contributed by atoms with Gasteiger partial charge in [-0.1, -0.05) is 12.2 Å². The number of rotatable bonds is 0. The van der Waals surface area contributed by atoms with Crippen LogP contribution in [-0.2, 0) is 0 Å². The average molecular weight is 107 g/mol. The standard InChI is InChI=1S/C7H9N/c8-6-7-4-2-1-3-5-7/h1-2,7H,3-5H2/t7-/m1/s1. The second-order valence-electron chi connectivity index (χ2n) is 2.11. The zero-order valence-electron chi connectivity index (χ0n) is 4.80. The molecule has 1 rings (SSSR count). The van der Waals surface area contributed by atoms with Crippen molar-refractivity contribution in [2.45, 2.75) is 19.3 Å². The summed E-state index contributed by atoms with van der Waals surface area (Å²) < 4.78 is 0. The Hall–Kier alpha value is -0.770. The summed E-state index contributed by atoms with van der Waals surface area (Å²) in [7, 11) is 0. The Balaban J connectivity index is 2.41. The van der Waals surface area contributed by atoms with Crippen molar-refractivity contribution in [2.75, 3.05) is 0 Å². The molecule has 1 aliphatic carbocycles. The molecule has 0 heterocycles. The first kappa shape index (κ1) is 5.37. The van der Waals surface area contributed by atoms with Crippen LogP contribution in [0.25, 0.3) is 0 Å². The van der Waals surface area contributed by atoms with E-state index in [4.69, 9.17) is 5.26 Å². The van der Waals surface area contributed by atoms with Gasteiger partial charge < -0.3 is 0 Å². The lowest BCUT2D eigenvalue weighted by Crippen LogP contribution is -1.97. The van der Waals surface area contributed by atoms with Gasteiger partial charge in [-0.25, -0.2) is 0 Å². The van der Waals surface area contributed by atoms with Gasteiger partial charge >= 0.3 is 0 Å². The SMILES string of the molecule is N#C[C@@H]1CC=CCC1. The van der Waals surface area contributed by atoms with Crippen LogP contribution in [0.5, 0.6) is 0 Å². The third-order valence-electron chi connectivity index (χ3n) is 1.45. The van der Waals surface area contributed by atoms with E-state index >= 15 is 0 Å². The van der Waals surface area contributed by atoms with E-state index in [9.17, 15) is 0 Å². The van der Waals surface area contributed by atoms with Gasteiger partial charge in [0.15, 0.2) is 0 Å². The summed E-state index contributed by atoms with van der Waals surface area (Å²) in [5.41, 5.74) is 0. The van der Waals surface area contributed by atoms with Crippen LogP contribution in [0, 0.1) is 17.2 Å². The molecule has 1 nitrogen and oxygen atoms in total. The number of hydrogen-bond acceptors (Lipinski definition) is 1. The summed E-state index contributed by atoms with van der Waals surface area (Å²) in [4.78, 5) is 0. The van der Waals surface area contributed by atoms with Gasteiger partial charge in [-0.05, 0) is 19.3 Å². The minimum atomic E-state index is 0.306. The first-order chi connectivity index (χ1) is 3.93. The molecule has 0 N–H and O–H groups in total. The molecule has 1 heteroatoms. The van der Waals surface area contributed by atoms with Gasteiger partial charge in [0, 0.05) is 0 Å². The molecule has 0 aliphatic heterocycles. The van der Waals surface area contributed by atoms with Crippen LogP contribution in [0.15, 0.2) is 12.2 Å². The van der Waals surface area contributed by atoms with E-state index in [1.165, 1.54) is 0 Å². The van der Waals surface area contributed by atoms with Gasteiger partial charge in [0.1, 0.15) is 0 Å². The highest BCUT2D eigenvalue weighted by molar-refractivity contribution is 4.97. The number of nitriles is 1. The molecule has 0 bridgehead atoms. The normalized spacial score (nSPS) is 27.1. The highest BCUT2D eigenvalue weighted by Gasteiger charge is 2.05. The molecular weight excluding hydrogens is 98.1 g/mol. The minimum Gasteiger partial charge on any atom is -0.198 e. The summed E-state index contributed by atoms with van der Waals surface area (Å²) in [6.07, 6.45) is 7.37.